The summed E-state index contributed by atoms with van der Waals surface area (Å²) in [5.74, 6) is -2.64. The molecule has 0 aliphatic heterocycles. The molecule has 0 bridgehead atoms. The minimum atomic E-state index is -4.74. The topological polar surface area (TPSA) is 61.5 Å². The predicted octanol–water partition coefficient (Wildman–Crippen LogP) is 4.07. The first-order chi connectivity index (χ1) is 9.64. The lowest BCUT2D eigenvalue weighted by Crippen LogP contribution is -2.16. The highest BCUT2D eigenvalue weighted by Crippen LogP contribution is 2.58. The number of benzene rings is 1. The van der Waals surface area contributed by atoms with Crippen molar-refractivity contribution in [2.45, 2.75) is 25.8 Å². The summed E-state index contributed by atoms with van der Waals surface area (Å²) in [6.07, 6.45) is -4.74. The molecule has 0 radical (unpaired) electrons. The molecule has 4 nitrogen and oxygen atoms in total. The fraction of sp³-hybridized carbons (Fsp3) is 0.500. The Morgan fingerprint density at radius 3 is 2.14 bits per heavy atom. The Bertz CT molecular complexity index is 526. The first-order valence-corrected chi connectivity index (χ1v) is 7.77. The van der Waals surface area contributed by atoms with Crippen molar-refractivity contribution in [3.05, 3.63) is 35.1 Å². The highest BCUT2D eigenvalue weighted by molar-refractivity contribution is 7.54. The Kier molecular flexibility index (Phi) is 5.92. The summed E-state index contributed by atoms with van der Waals surface area (Å²) in [4.78, 5) is 0. The second-order valence-corrected chi connectivity index (χ2v) is 6.24. The van der Waals surface area contributed by atoms with Crippen LogP contribution >= 0.6 is 7.60 Å². The maximum Gasteiger partial charge on any atom is 0.416 e. The summed E-state index contributed by atoms with van der Waals surface area (Å²) in [5.41, 5.74) is 4.17. The highest BCUT2D eigenvalue weighted by atomic mass is 31.2. The third-order valence-corrected chi connectivity index (χ3v) is 4.76. The van der Waals surface area contributed by atoms with Crippen LogP contribution in [-0.2, 0) is 19.8 Å². The standard InChI is InChI=1S/C12H16F4NO3P/c1-3-19-21(18,20-4-2)11(17)8-5-9(12(14,15)16)7-10(13)6-8/h5-7,11H,3-4,17H2,1-2H3/t11-/m0/s1. The van der Waals surface area contributed by atoms with Crippen LogP contribution in [0.2, 0.25) is 0 Å². The van der Waals surface area contributed by atoms with Crippen LogP contribution in [0.3, 0.4) is 0 Å². The fourth-order valence-electron chi connectivity index (χ4n) is 1.69. The Balaban J connectivity index is 3.25. The number of hydrogen-bond acceptors (Lipinski definition) is 4. The van der Waals surface area contributed by atoms with Crippen LogP contribution in [0.1, 0.15) is 30.8 Å². The SMILES string of the molecule is CCOP(=O)(OCC)[C@H](N)c1cc(F)cc(C(F)(F)F)c1. The van der Waals surface area contributed by atoms with Gasteiger partial charge in [-0.15, -0.1) is 0 Å². The molecule has 0 saturated carbocycles. The number of nitrogens with two attached hydrogens (primary N) is 1. The largest absolute Gasteiger partial charge is 0.416 e. The third-order valence-electron chi connectivity index (χ3n) is 2.55. The average Bonchev–Trinajstić information content (AvgIpc) is 2.36. The second-order valence-electron chi connectivity index (χ2n) is 4.09. The molecule has 2 N–H and O–H groups in total. The van der Waals surface area contributed by atoms with Crippen LogP contribution < -0.4 is 5.73 Å². The normalized spacial score (nSPS) is 14.2. The fourth-order valence-corrected chi connectivity index (χ4v) is 3.32. The monoisotopic (exact) mass is 329 g/mol. The van der Waals surface area contributed by atoms with Gasteiger partial charge in [-0.05, 0) is 37.6 Å². The van der Waals surface area contributed by atoms with E-state index in [1.807, 2.05) is 0 Å². The summed E-state index contributed by atoms with van der Waals surface area (Å²) >= 11 is 0. The van der Waals surface area contributed by atoms with E-state index in [4.69, 9.17) is 14.8 Å². The molecule has 1 atom stereocenters. The quantitative estimate of drug-likeness (QED) is 0.631. The zero-order chi connectivity index (χ0) is 16.3. The minimum Gasteiger partial charge on any atom is -0.314 e. The molecule has 0 heterocycles. The Morgan fingerprint density at radius 2 is 1.71 bits per heavy atom. The smallest absolute Gasteiger partial charge is 0.314 e. The van der Waals surface area contributed by atoms with Gasteiger partial charge in [0.25, 0.3) is 0 Å². The zero-order valence-corrected chi connectivity index (χ0v) is 12.4. The van der Waals surface area contributed by atoms with E-state index < -0.39 is 30.9 Å². The van der Waals surface area contributed by atoms with Crippen LogP contribution in [0.25, 0.3) is 0 Å². The van der Waals surface area contributed by atoms with Crippen LogP contribution in [0, 0.1) is 5.82 Å². The van der Waals surface area contributed by atoms with Gasteiger partial charge in [0, 0.05) is 0 Å². The molecule has 1 aromatic carbocycles. The Hall–Kier alpha value is -0.950. The number of rotatable bonds is 6. The van der Waals surface area contributed by atoms with Crippen molar-refractivity contribution in [2.75, 3.05) is 13.2 Å². The lowest BCUT2D eigenvalue weighted by atomic mass is 10.1. The summed E-state index contributed by atoms with van der Waals surface area (Å²) in [6.45, 7) is 3.05. The summed E-state index contributed by atoms with van der Waals surface area (Å²) in [7, 11) is -3.88. The molecule has 0 aliphatic carbocycles. The minimum absolute atomic E-state index is 0.00752. The van der Waals surface area contributed by atoms with Crippen molar-refractivity contribution in [3.63, 3.8) is 0 Å². The molecule has 0 saturated heterocycles. The summed E-state index contributed by atoms with van der Waals surface area (Å²) < 4.78 is 73.7. The number of alkyl halides is 3. The molecular weight excluding hydrogens is 313 g/mol. The Morgan fingerprint density at radius 1 is 1.19 bits per heavy atom. The van der Waals surface area contributed by atoms with Crippen molar-refractivity contribution in [1.82, 2.24) is 0 Å². The van der Waals surface area contributed by atoms with Gasteiger partial charge in [0.15, 0.2) is 0 Å². The predicted molar refractivity (Wildman–Crippen MR) is 69.2 cm³/mol. The van der Waals surface area contributed by atoms with Crippen molar-refractivity contribution >= 4 is 7.60 Å². The average molecular weight is 329 g/mol. The van der Waals surface area contributed by atoms with E-state index in [0.717, 1.165) is 6.07 Å². The van der Waals surface area contributed by atoms with E-state index in [9.17, 15) is 22.1 Å². The molecule has 0 amide bonds. The van der Waals surface area contributed by atoms with Gasteiger partial charge < -0.3 is 14.8 Å². The summed E-state index contributed by atoms with van der Waals surface area (Å²) in [5, 5.41) is 0. The van der Waals surface area contributed by atoms with Crippen LogP contribution in [0.15, 0.2) is 18.2 Å². The second kappa shape index (κ2) is 6.87. The first kappa shape index (κ1) is 18.1. The van der Waals surface area contributed by atoms with Crippen molar-refractivity contribution < 1.29 is 31.2 Å². The van der Waals surface area contributed by atoms with Gasteiger partial charge in [-0.1, -0.05) is 0 Å². The molecular formula is C12H16F4NO3P. The van der Waals surface area contributed by atoms with E-state index in [1.54, 1.807) is 0 Å². The van der Waals surface area contributed by atoms with Gasteiger partial charge in [0.05, 0.1) is 18.8 Å². The van der Waals surface area contributed by atoms with E-state index in [0.29, 0.717) is 12.1 Å². The van der Waals surface area contributed by atoms with Gasteiger partial charge in [-0.25, -0.2) is 4.39 Å². The van der Waals surface area contributed by atoms with Crippen molar-refractivity contribution in [1.29, 1.82) is 0 Å². The van der Waals surface area contributed by atoms with Crippen LogP contribution in [0.4, 0.5) is 17.6 Å². The molecule has 0 aromatic heterocycles. The maximum atomic E-state index is 13.4. The highest BCUT2D eigenvalue weighted by Gasteiger charge is 2.37. The maximum absolute atomic E-state index is 13.4. The number of hydrogen-bond donors (Lipinski definition) is 1. The van der Waals surface area contributed by atoms with Crippen LogP contribution in [-0.4, -0.2) is 13.2 Å². The third kappa shape index (κ3) is 4.51. The lowest BCUT2D eigenvalue weighted by Gasteiger charge is -2.24. The molecule has 21 heavy (non-hydrogen) atoms. The molecule has 1 rings (SSSR count). The van der Waals surface area contributed by atoms with E-state index in [1.165, 1.54) is 13.8 Å². The molecule has 0 fully saturated rings. The van der Waals surface area contributed by atoms with E-state index in [-0.39, 0.29) is 18.8 Å². The van der Waals surface area contributed by atoms with Crippen molar-refractivity contribution in [2.24, 2.45) is 5.73 Å². The van der Waals surface area contributed by atoms with E-state index in [2.05, 4.69) is 0 Å². The van der Waals surface area contributed by atoms with Gasteiger partial charge in [0.2, 0.25) is 0 Å². The first-order valence-electron chi connectivity index (χ1n) is 6.16. The molecule has 9 heteroatoms. The van der Waals surface area contributed by atoms with Crippen LogP contribution in [0.5, 0.6) is 0 Å². The zero-order valence-electron chi connectivity index (χ0n) is 11.5. The summed E-state index contributed by atoms with van der Waals surface area (Å²) in [6, 6.07) is 1.76. The molecule has 0 aliphatic rings. The lowest BCUT2D eigenvalue weighted by molar-refractivity contribution is -0.137. The molecule has 0 unspecified atom stereocenters. The Labute approximate surface area is 119 Å². The van der Waals surface area contributed by atoms with Gasteiger partial charge in [0.1, 0.15) is 11.6 Å². The molecule has 0 spiro atoms. The van der Waals surface area contributed by atoms with E-state index >= 15 is 0 Å². The van der Waals surface area contributed by atoms with Gasteiger partial charge in [-0.2, -0.15) is 13.2 Å². The number of halogens is 4. The van der Waals surface area contributed by atoms with Gasteiger partial charge in [-0.3, -0.25) is 4.57 Å². The molecule has 120 valence electrons. The van der Waals surface area contributed by atoms with Crippen molar-refractivity contribution in [3.8, 4) is 0 Å². The van der Waals surface area contributed by atoms with Gasteiger partial charge >= 0.3 is 13.8 Å². The molecule has 1 aromatic rings.